The van der Waals surface area contributed by atoms with Crippen LogP contribution in [0.15, 0.2) is 0 Å². The van der Waals surface area contributed by atoms with E-state index in [-0.39, 0.29) is 31.5 Å². The Hall–Kier alpha value is -0.700. The molecular weight excluding hydrogens is 272 g/mol. The molecule has 0 aromatic rings. The smallest absolute Gasteiger partial charge is 0.225 e. The zero-order chi connectivity index (χ0) is 14.5. The number of hydrogen-bond acceptors (Lipinski definition) is 5. The van der Waals surface area contributed by atoms with E-state index >= 15 is 0 Å². The van der Waals surface area contributed by atoms with Crippen molar-refractivity contribution in [3.8, 4) is 0 Å². The van der Waals surface area contributed by atoms with Gasteiger partial charge in [-0.25, -0.2) is 12.7 Å². The number of ether oxygens (including phenoxy) is 2. The number of amides is 1. The lowest BCUT2D eigenvalue weighted by Gasteiger charge is -2.36. The van der Waals surface area contributed by atoms with E-state index in [4.69, 9.17) is 9.47 Å². The fourth-order valence-electron chi connectivity index (χ4n) is 1.74. The number of carbonyl (C=O) groups excluding carboxylic acids is 1. The van der Waals surface area contributed by atoms with E-state index in [0.717, 1.165) is 6.26 Å². The summed E-state index contributed by atoms with van der Waals surface area (Å²) in [7, 11) is -3.18. The number of nitrogens with zero attached hydrogens (tertiary/aromatic N) is 1. The van der Waals surface area contributed by atoms with Gasteiger partial charge in [0.25, 0.3) is 0 Å². The molecule has 0 aliphatic carbocycles. The first-order valence-electron chi connectivity index (χ1n) is 6.34. The Morgan fingerprint density at radius 3 is 2.26 bits per heavy atom. The maximum absolute atomic E-state index is 11.8. The number of carbonyl (C=O) groups is 1. The second kappa shape index (κ2) is 7.18. The summed E-state index contributed by atoms with van der Waals surface area (Å²) in [6.45, 7) is 5.48. The summed E-state index contributed by atoms with van der Waals surface area (Å²) in [5.41, 5.74) is 0. The van der Waals surface area contributed by atoms with Crippen molar-refractivity contribution in [1.82, 2.24) is 9.62 Å². The average molecular weight is 294 g/mol. The highest BCUT2D eigenvalue weighted by Gasteiger charge is 2.37. The Bertz CT molecular complexity index is 386. The van der Waals surface area contributed by atoms with Gasteiger partial charge >= 0.3 is 0 Å². The summed E-state index contributed by atoms with van der Waals surface area (Å²) in [5.74, 6) is -0.442. The molecule has 1 saturated heterocycles. The lowest BCUT2D eigenvalue weighted by Crippen LogP contribution is -2.56. The molecule has 1 aliphatic heterocycles. The van der Waals surface area contributed by atoms with Gasteiger partial charge in [0.05, 0.1) is 18.7 Å². The number of hydrogen-bond donors (Lipinski definition) is 1. The third-order valence-electron chi connectivity index (χ3n) is 2.84. The summed E-state index contributed by atoms with van der Waals surface area (Å²) in [4.78, 5) is 11.8. The molecule has 7 nitrogen and oxygen atoms in total. The lowest BCUT2D eigenvalue weighted by atomic mass is 10.0. The SMILES string of the molecule is CCOC(CNC(=O)C1CN(S(C)(=O)=O)C1)OCC. The van der Waals surface area contributed by atoms with Crippen LogP contribution in [0.25, 0.3) is 0 Å². The Morgan fingerprint density at radius 2 is 1.84 bits per heavy atom. The van der Waals surface area contributed by atoms with Crippen LogP contribution < -0.4 is 5.32 Å². The van der Waals surface area contributed by atoms with E-state index in [1.54, 1.807) is 0 Å². The molecule has 0 unspecified atom stereocenters. The topological polar surface area (TPSA) is 84.9 Å². The molecule has 0 aromatic heterocycles. The van der Waals surface area contributed by atoms with Gasteiger partial charge in [0.2, 0.25) is 15.9 Å². The molecule has 112 valence electrons. The largest absolute Gasteiger partial charge is 0.351 e. The van der Waals surface area contributed by atoms with Crippen molar-refractivity contribution in [3.63, 3.8) is 0 Å². The Kier molecular flexibility index (Phi) is 6.18. The van der Waals surface area contributed by atoms with Crippen LogP contribution in [0, 0.1) is 5.92 Å². The summed E-state index contributed by atoms with van der Waals surface area (Å²) in [6, 6.07) is 0. The van der Waals surface area contributed by atoms with Crippen molar-refractivity contribution in [1.29, 1.82) is 0 Å². The molecular formula is C11H22N2O5S. The van der Waals surface area contributed by atoms with E-state index in [1.807, 2.05) is 13.8 Å². The fraction of sp³-hybridized carbons (Fsp3) is 0.909. The van der Waals surface area contributed by atoms with Crippen LogP contribution in [0.4, 0.5) is 0 Å². The van der Waals surface area contributed by atoms with Gasteiger partial charge < -0.3 is 14.8 Å². The molecule has 1 rings (SSSR count). The van der Waals surface area contributed by atoms with Gasteiger partial charge in [-0.1, -0.05) is 0 Å². The first kappa shape index (κ1) is 16.4. The van der Waals surface area contributed by atoms with Crippen LogP contribution in [-0.4, -0.2) is 64.0 Å². The molecule has 0 atom stereocenters. The minimum atomic E-state index is -3.18. The monoisotopic (exact) mass is 294 g/mol. The van der Waals surface area contributed by atoms with Crippen LogP contribution >= 0.6 is 0 Å². The fourth-order valence-corrected chi connectivity index (χ4v) is 2.64. The maximum Gasteiger partial charge on any atom is 0.225 e. The van der Waals surface area contributed by atoms with Gasteiger partial charge in [-0.15, -0.1) is 0 Å². The van der Waals surface area contributed by atoms with Crippen molar-refractivity contribution in [2.75, 3.05) is 39.1 Å². The zero-order valence-corrected chi connectivity index (χ0v) is 12.4. The molecule has 0 aromatic carbocycles. The highest BCUT2D eigenvalue weighted by atomic mass is 32.2. The molecule has 8 heteroatoms. The van der Waals surface area contributed by atoms with E-state index in [2.05, 4.69) is 5.32 Å². The molecule has 19 heavy (non-hydrogen) atoms. The highest BCUT2D eigenvalue weighted by molar-refractivity contribution is 7.88. The Morgan fingerprint density at radius 1 is 1.32 bits per heavy atom. The van der Waals surface area contributed by atoms with Crippen LogP contribution in [-0.2, 0) is 24.3 Å². The van der Waals surface area contributed by atoms with Gasteiger partial charge in [0, 0.05) is 26.3 Å². The third-order valence-corrected chi connectivity index (χ3v) is 4.07. The van der Waals surface area contributed by atoms with E-state index < -0.39 is 16.3 Å². The standard InChI is InChI=1S/C11H22N2O5S/c1-4-17-10(18-5-2)6-12-11(14)9-7-13(8-9)19(3,15)16/h9-10H,4-8H2,1-3H3,(H,12,14). The Balaban J connectivity index is 2.29. The highest BCUT2D eigenvalue weighted by Crippen LogP contribution is 2.18. The van der Waals surface area contributed by atoms with Crippen LogP contribution in [0.5, 0.6) is 0 Å². The van der Waals surface area contributed by atoms with Gasteiger partial charge in [-0.3, -0.25) is 4.79 Å². The molecule has 1 aliphatic rings. The second-order valence-corrected chi connectivity index (χ2v) is 6.34. The van der Waals surface area contributed by atoms with Crippen molar-refractivity contribution < 1.29 is 22.7 Å². The predicted molar refractivity (Wildman–Crippen MR) is 70.0 cm³/mol. The normalized spacial score (nSPS) is 17.5. The van der Waals surface area contributed by atoms with Crippen molar-refractivity contribution in [2.45, 2.75) is 20.1 Å². The van der Waals surface area contributed by atoms with E-state index in [9.17, 15) is 13.2 Å². The molecule has 1 heterocycles. The first-order chi connectivity index (χ1) is 8.88. The molecule has 0 saturated carbocycles. The van der Waals surface area contributed by atoms with Gasteiger partial charge in [0.15, 0.2) is 6.29 Å². The van der Waals surface area contributed by atoms with Crippen molar-refractivity contribution >= 4 is 15.9 Å². The average Bonchev–Trinajstić information content (AvgIpc) is 2.22. The number of nitrogens with one attached hydrogen (secondary N) is 1. The summed E-state index contributed by atoms with van der Waals surface area (Å²) in [5, 5.41) is 2.72. The summed E-state index contributed by atoms with van der Waals surface area (Å²) < 4.78 is 34.2. The van der Waals surface area contributed by atoms with E-state index in [1.165, 1.54) is 4.31 Å². The summed E-state index contributed by atoms with van der Waals surface area (Å²) >= 11 is 0. The lowest BCUT2D eigenvalue weighted by molar-refractivity contribution is -0.143. The maximum atomic E-state index is 11.8. The van der Waals surface area contributed by atoms with Crippen molar-refractivity contribution in [3.05, 3.63) is 0 Å². The molecule has 1 fully saturated rings. The van der Waals surface area contributed by atoms with Crippen molar-refractivity contribution in [2.24, 2.45) is 5.92 Å². The Labute approximate surface area is 114 Å². The molecule has 0 spiro atoms. The second-order valence-electron chi connectivity index (χ2n) is 4.36. The molecule has 1 N–H and O–H groups in total. The zero-order valence-electron chi connectivity index (χ0n) is 11.6. The van der Waals surface area contributed by atoms with Crippen LogP contribution in [0.1, 0.15) is 13.8 Å². The van der Waals surface area contributed by atoms with E-state index in [0.29, 0.717) is 13.2 Å². The van der Waals surface area contributed by atoms with Crippen LogP contribution in [0.2, 0.25) is 0 Å². The third kappa shape index (κ3) is 5.06. The minimum Gasteiger partial charge on any atom is -0.351 e. The molecule has 1 amide bonds. The summed E-state index contributed by atoms with van der Waals surface area (Å²) in [6.07, 6.45) is 0.687. The quantitative estimate of drug-likeness (QED) is 0.604. The van der Waals surface area contributed by atoms with Gasteiger partial charge in [0.1, 0.15) is 0 Å². The molecule has 0 radical (unpaired) electrons. The van der Waals surface area contributed by atoms with Gasteiger partial charge in [-0.2, -0.15) is 0 Å². The van der Waals surface area contributed by atoms with Crippen LogP contribution in [0.3, 0.4) is 0 Å². The van der Waals surface area contributed by atoms with Gasteiger partial charge in [-0.05, 0) is 13.8 Å². The number of rotatable bonds is 8. The molecule has 0 bridgehead atoms. The predicted octanol–water partition coefficient (Wildman–Crippen LogP) is -0.607. The number of sulfonamides is 1. The minimum absolute atomic E-state index is 0.163. The first-order valence-corrected chi connectivity index (χ1v) is 8.19.